The third-order valence-corrected chi connectivity index (χ3v) is 20.4. The fourth-order valence-electron chi connectivity index (χ4n) is 15.2. The average Bonchev–Trinajstić information content (AvgIpc) is 1.48. The molecule has 4 heteroatoms. The van der Waals surface area contributed by atoms with Gasteiger partial charge in [-0.05, 0) is 192 Å². The highest BCUT2D eigenvalue weighted by molar-refractivity contribution is 7.19. The molecule has 440 valence electrons. The van der Waals surface area contributed by atoms with Gasteiger partial charge in [0.15, 0.2) is 5.58 Å². The van der Waals surface area contributed by atoms with Crippen LogP contribution in [0.3, 0.4) is 0 Å². The number of nitrogens with zero attached hydrogens (tertiary/aromatic N) is 2. The van der Waals surface area contributed by atoms with Gasteiger partial charge in [-0.2, -0.15) is 0 Å². The number of hydrogen-bond donors (Lipinski definition) is 0. The molecule has 1 aliphatic rings. The van der Waals surface area contributed by atoms with Crippen molar-refractivity contribution in [1.82, 2.24) is 9.13 Å². The van der Waals surface area contributed by atoms with Crippen molar-refractivity contribution in [2.75, 3.05) is 0 Å². The van der Waals surface area contributed by atoms with Crippen LogP contribution in [-0.4, -0.2) is 9.13 Å². The molecule has 0 unspecified atom stereocenters. The van der Waals surface area contributed by atoms with Gasteiger partial charge in [0.05, 0.1) is 22.1 Å². The molecule has 0 amide bonds. The highest BCUT2D eigenvalue weighted by Gasteiger charge is 2.22. The molecule has 0 bridgehead atoms. The number of aromatic nitrogens is 2. The third kappa shape index (κ3) is 8.76. The van der Waals surface area contributed by atoms with Crippen molar-refractivity contribution >= 4 is 153 Å². The number of aryl methyl sites for hydroxylation is 2. The summed E-state index contributed by atoms with van der Waals surface area (Å²) in [6.07, 6.45) is 13.6. The zero-order valence-electron chi connectivity index (χ0n) is 52.1. The normalized spacial score (nSPS) is 12.5. The molecule has 0 aliphatic heterocycles. The first kappa shape index (κ1) is 55.3. The Balaban J connectivity index is 0.000000135. The van der Waals surface area contributed by atoms with Crippen molar-refractivity contribution in [2.45, 2.75) is 53.4 Å². The minimum Gasteiger partial charge on any atom is -0.454 e. The predicted octanol–water partition coefficient (Wildman–Crippen LogP) is 25.8. The molecule has 0 fully saturated rings. The number of benzene rings is 14. The van der Waals surface area contributed by atoms with Crippen LogP contribution >= 0.6 is 11.3 Å². The Hall–Kier alpha value is -10.8. The van der Waals surface area contributed by atoms with E-state index in [4.69, 9.17) is 4.42 Å². The number of fused-ring (bicyclic) bond motifs is 24. The summed E-state index contributed by atoms with van der Waals surface area (Å²) >= 11 is 1.93. The van der Waals surface area contributed by atoms with Crippen LogP contribution in [0.4, 0.5) is 0 Å². The van der Waals surface area contributed by atoms with Gasteiger partial charge in [-0.1, -0.05) is 233 Å². The van der Waals surface area contributed by atoms with E-state index in [1.54, 1.807) is 0 Å². The molecule has 0 saturated carbocycles. The molecule has 19 rings (SSSR count). The lowest BCUT2D eigenvalue weighted by atomic mass is 9.86. The second kappa shape index (κ2) is 22.6. The fraction of sp³-hybridized carbons (Fsp3) is 0.0909. The number of rotatable bonds is 6. The molecule has 4 heterocycles. The smallest absolute Gasteiger partial charge is 0.160 e. The van der Waals surface area contributed by atoms with E-state index in [-0.39, 0.29) is 0 Å². The minimum absolute atomic E-state index is 0.919. The van der Waals surface area contributed by atoms with Crippen molar-refractivity contribution < 1.29 is 4.42 Å². The highest BCUT2D eigenvalue weighted by Crippen LogP contribution is 2.46. The number of thiophene rings is 1. The second-order valence-electron chi connectivity index (χ2n) is 24.6. The summed E-state index contributed by atoms with van der Waals surface area (Å²) in [5.41, 5.74) is 18.1. The van der Waals surface area contributed by atoms with Gasteiger partial charge in [-0.25, -0.2) is 0 Å². The van der Waals surface area contributed by atoms with Gasteiger partial charge in [0.25, 0.3) is 0 Å². The van der Waals surface area contributed by atoms with E-state index in [2.05, 4.69) is 310 Å². The maximum absolute atomic E-state index is 6.54. The maximum Gasteiger partial charge on any atom is 0.160 e. The van der Waals surface area contributed by atoms with Crippen LogP contribution in [0.25, 0.3) is 175 Å². The Morgan fingerprint density at radius 2 is 0.902 bits per heavy atom. The molecule has 18 aromatic rings. The summed E-state index contributed by atoms with van der Waals surface area (Å²) in [5.74, 6) is 0. The Labute approximate surface area is 538 Å². The van der Waals surface area contributed by atoms with Crippen molar-refractivity contribution in [3.05, 3.63) is 289 Å². The molecule has 3 nitrogen and oxygen atoms in total. The van der Waals surface area contributed by atoms with Crippen molar-refractivity contribution in [3.63, 3.8) is 0 Å². The molecule has 4 aromatic heterocycles. The van der Waals surface area contributed by atoms with Crippen LogP contribution in [-0.2, 0) is 12.8 Å². The number of para-hydroxylation sites is 3. The maximum atomic E-state index is 6.54. The topological polar surface area (TPSA) is 23.0 Å². The molecule has 92 heavy (non-hydrogen) atoms. The van der Waals surface area contributed by atoms with Crippen LogP contribution in [0.2, 0.25) is 0 Å². The molecule has 0 radical (unpaired) electrons. The average molecular weight is 1200 g/mol. The van der Waals surface area contributed by atoms with Gasteiger partial charge in [-0.3, -0.25) is 0 Å². The summed E-state index contributed by atoms with van der Waals surface area (Å²) in [6, 6.07) is 93.5. The van der Waals surface area contributed by atoms with E-state index < -0.39 is 0 Å². The number of allylic oxidation sites excluding steroid dienone is 2. The van der Waals surface area contributed by atoms with Crippen molar-refractivity contribution in [1.29, 1.82) is 0 Å². The Kier molecular flexibility index (Phi) is 13.6. The molecule has 1 aliphatic carbocycles. The first-order chi connectivity index (χ1) is 45.5. The predicted molar refractivity (Wildman–Crippen MR) is 400 cm³/mol. The van der Waals surface area contributed by atoms with E-state index in [0.717, 1.165) is 52.4 Å². The molecule has 0 saturated heterocycles. The number of furan rings is 1. The zero-order valence-corrected chi connectivity index (χ0v) is 52.9. The Morgan fingerprint density at radius 3 is 1.54 bits per heavy atom. The second-order valence-corrected chi connectivity index (χ2v) is 25.7. The van der Waals surface area contributed by atoms with Gasteiger partial charge in [0.1, 0.15) is 5.58 Å². The standard InChI is InChI=1S/C43H31NS.C42H27NO.C3H8/c1-3-11-36-40(4-2)45-41-25-24-39-42(43(36)41)35-16-9-10-17-38(35)44(39)29-21-18-27(19-22-29)28-20-23-34-32-14-6-5-12-30(32)31-13-7-8-15-33(31)37(34)26-28;1-2-11-31-29(9-1)30-10-3-4-12-32(30)38-25-27(19-22-33(31)38)26-17-20-28(21-18-26)43-39-15-7-5-13-34(39)36-23-24-37-35-14-6-8-16-40(35)44-42(37)41(36)43;1-3-2/h3,5-26H,4H2,1-2H3;2-8,10-25H,1,9H2;3H2,1-2H3/b11-3-;;. The summed E-state index contributed by atoms with van der Waals surface area (Å²) in [4.78, 5) is 1.45. The molecule has 14 aromatic carbocycles. The quantitative estimate of drug-likeness (QED) is 0.152. The van der Waals surface area contributed by atoms with Gasteiger partial charge in [0, 0.05) is 58.7 Å². The summed E-state index contributed by atoms with van der Waals surface area (Å²) in [5, 5.41) is 22.0. The fourth-order valence-corrected chi connectivity index (χ4v) is 16.3. The number of hydrogen-bond acceptors (Lipinski definition) is 2. The first-order valence-electron chi connectivity index (χ1n) is 32.6. The third-order valence-electron chi connectivity index (χ3n) is 19.1. The Morgan fingerprint density at radius 1 is 0.413 bits per heavy atom. The minimum atomic E-state index is 0.919. The summed E-state index contributed by atoms with van der Waals surface area (Å²) in [7, 11) is 0. The SMILES string of the molecule is C/C=C\c1c(CC)sc2ccc3c(c4ccccc4n3-c3ccc(-c4ccc5c6ccccc6c6ccccc6c5c4)cc3)c12.C1=Cc2c(c3ccccc3c3cc(-c4ccc(-n5c6ccccc6c6ccc7c8ccccc8oc7c65)cc4)ccc23)CC1.CCC. The molecular formula is C88H66N2OS. The van der Waals surface area contributed by atoms with Gasteiger partial charge < -0.3 is 13.6 Å². The van der Waals surface area contributed by atoms with Crippen LogP contribution in [0, 0.1) is 0 Å². The molecular weight excluding hydrogens is 1130 g/mol. The van der Waals surface area contributed by atoms with Crippen LogP contribution in [0.5, 0.6) is 0 Å². The van der Waals surface area contributed by atoms with Gasteiger partial charge >= 0.3 is 0 Å². The molecule has 0 spiro atoms. The van der Waals surface area contributed by atoms with Crippen molar-refractivity contribution in [2.24, 2.45) is 0 Å². The first-order valence-corrected chi connectivity index (χ1v) is 33.4. The van der Waals surface area contributed by atoms with E-state index in [1.165, 1.54) is 158 Å². The van der Waals surface area contributed by atoms with Crippen LogP contribution in [0.1, 0.15) is 62.1 Å². The van der Waals surface area contributed by atoms with E-state index in [1.807, 2.05) is 17.4 Å². The van der Waals surface area contributed by atoms with E-state index in [0.29, 0.717) is 0 Å². The van der Waals surface area contributed by atoms with E-state index in [9.17, 15) is 0 Å². The summed E-state index contributed by atoms with van der Waals surface area (Å²) < 4.78 is 12.7. The zero-order chi connectivity index (χ0) is 61.6. The molecule has 0 atom stereocenters. The van der Waals surface area contributed by atoms with Crippen molar-refractivity contribution in [3.8, 4) is 33.6 Å². The largest absolute Gasteiger partial charge is 0.454 e. The Bertz CT molecular complexity index is 6010. The lowest BCUT2D eigenvalue weighted by Gasteiger charge is -2.18. The lowest BCUT2D eigenvalue weighted by Crippen LogP contribution is -1.98. The van der Waals surface area contributed by atoms with Gasteiger partial charge in [0.2, 0.25) is 0 Å². The monoisotopic (exact) mass is 1200 g/mol. The highest BCUT2D eigenvalue weighted by atomic mass is 32.1. The molecule has 0 N–H and O–H groups in total. The summed E-state index contributed by atoms with van der Waals surface area (Å²) in [6.45, 7) is 8.63. The van der Waals surface area contributed by atoms with E-state index >= 15 is 0 Å². The lowest BCUT2D eigenvalue weighted by molar-refractivity contribution is 0.671. The van der Waals surface area contributed by atoms with Crippen LogP contribution < -0.4 is 0 Å². The van der Waals surface area contributed by atoms with Crippen LogP contribution in [0.15, 0.2) is 271 Å². The van der Waals surface area contributed by atoms with Gasteiger partial charge in [-0.15, -0.1) is 11.3 Å².